The SMILES string of the molecule is Cc1ccc(C)c2c(-c3nc4c5cccnc5c5ncccc5c4[nH]3)c(C34CC(C)CC(CC(C)C3)C4)[nH]c12. The minimum absolute atomic E-state index is 0.152. The smallest absolute Gasteiger partial charge is 0.141 e. The van der Waals surface area contributed by atoms with Crippen molar-refractivity contribution in [3.63, 3.8) is 0 Å². The van der Waals surface area contributed by atoms with Gasteiger partial charge >= 0.3 is 0 Å². The number of aromatic nitrogens is 5. The van der Waals surface area contributed by atoms with Crippen LogP contribution in [0.15, 0.2) is 48.8 Å². The van der Waals surface area contributed by atoms with Gasteiger partial charge in [0, 0.05) is 50.7 Å². The maximum absolute atomic E-state index is 5.41. The standard InChI is InChI=1S/C34H35N5/c1-18-13-22-14-19(2)16-34(15-18,17-22)32-26(25-20(3)9-10-21(4)27(25)37-32)33-38-30-23-7-5-11-35-28(23)29-24(31(30)39-33)8-6-12-36-29/h5-12,18-19,22,37H,13-17H2,1-4H3,(H,38,39). The van der Waals surface area contributed by atoms with Crippen LogP contribution < -0.4 is 0 Å². The van der Waals surface area contributed by atoms with E-state index in [1.165, 1.54) is 65.4 Å². The lowest BCUT2D eigenvalue weighted by Crippen LogP contribution is -2.42. The van der Waals surface area contributed by atoms with E-state index in [0.29, 0.717) is 0 Å². The van der Waals surface area contributed by atoms with Gasteiger partial charge in [0.15, 0.2) is 0 Å². The molecule has 6 aromatic rings. The van der Waals surface area contributed by atoms with Crippen LogP contribution in [0.2, 0.25) is 0 Å². The van der Waals surface area contributed by atoms with E-state index >= 15 is 0 Å². The molecule has 2 saturated carbocycles. The minimum atomic E-state index is 0.152. The molecule has 0 aliphatic heterocycles. The average molecular weight is 514 g/mol. The van der Waals surface area contributed by atoms with E-state index in [0.717, 1.165) is 56.4 Å². The number of nitrogens with one attached hydrogen (secondary N) is 2. The van der Waals surface area contributed by atoms with Crippen LogP contribution >= 0.6 is 0 Å². The number of imidazole rings is 1. The molecular formula is C34H35N5. The van der Waals surface area contributed by atoms with E-state index in [9.17, 15) is 0 Å². The van der Waals surface area contributed by atoms with E-state index in [2.05, 4.69) is 61.9 Å². The van der Waals surface area contributed by atoms with Crippen LogP contribution in [0.1, 0.15) is 62.8 Å². The van der Waals surface area contributed by atoms with Crippen molar-refractivity contribution in [2.45, 2.75) is 65.2 Å². The number of hydrogen-bond donors (Lipinski definition) is 2. The van der Waals surface area contributed by atoms with Crippen LogP contribution in [0.5, 0.6) is 0 Å². The first kappa shape index (κ1) is 23.2. The lowest BCUT2D eigenvalue weighted by Gasteiger charge is -2.50. The van der Waals surface area contributed by atoms with Gasteiger partial charge in [-0.2, -0.15) is 0 Å². The molecule has 2 atom stereocenters. The van der Waals surface area contributed by atoms with Crippen LogP contribution in [-0.2, 0) is 5.41 Å². The Labute approximate surface area is 228 Å². The molecule has 0 amide bonds. The quantitative estimate of drug-likeness (QED) is 0.228. The second-order valence-electron chi connectivity index (χ2n) is 12.9. The first-order valence-corrected chi connectivity index (χ1v) is 14.6. The second-order valence-corrected chi connectivity index (χ2v) is 12.9. The predicted molar refractivity (Wildman–Crippen MR) is 160 cm³/mol. The zero-order chi connectivity index (χ0) is 26.5. The van der Waals surface area contributed by atoms with Gasteiger partial charge in [-0.25, -0.2) is 4.98 Å². The number of hydrogen-bond acceptors (Lipinski definition) is 3. The van der Waals surface area contributed by atoms with Crippen molar-refractivity contribution in [2.75, 3.05) is 0 Å². The summed E-state index contributed by atoms with van der Waals surface area (Å²) in [6.45, 7) is 9.41. The maximum Gasteiger partial charge on any atom is 0.141 e. The molecule has 196 valence electrons. The van der Waals surface area contributed by atoms with Gasteiger partial charge in [-0.05, 0) is 99.1 Å². The lowest BCUT2D eigenvalue weighted by atomic mass is 9.55. The van der Waals surface area contributed by atoms with Gasteiger partial charge < -0.3 is 9.97 Å². The summed E-state index contributed by atoms with van der Waals surface area (Å²) in [5.41, 5.74) is 10.5. The number of aryl methyl sites for hydroxylation is 2. The van der Waals surface area contributed by atoms with E-state index in [1.54, 1.807) is 0 Å². The molecule has 2 fully saturated rings. The molecule has 2 aliphatic carbocycles. The molecule has 2 N–H and O–H groups in total. The van der Waals surface area contributed by atoms with Crippen molar-refractivity contribution < 1.29 is 0 Å². The maximum atomic E-state index is 5.41. The molecule has 0 radical (unpaired) electrons. The molecule has 0 saturated heterocycles. The van der Waals surface area contributed by atoms with Crippen LogP contribution in [0.4, 0.5) is 0 Å². The Balaban J connectivity index is 1.48. The topological polar surface area (TPSA) is 70.2 Å². The molecule has 8 rings (SSSR count). The molecule has 0 spiro atoms. The Kier molecular flexibility index (Phi) is 4.84. The largest absolute Gasteiger partial charge is 0.357 e. The first-order chi connectivity index (χ1) is 18.9. The molecule has 39 heavy (non-hydrogen) atoms. The number of H-pyrrole nitrogens is 2. The van der Waals surface area contributed by atoms with Crippen LogP contribution in [0.25, 0.3) is 55.1 Å². The summed E-state index contributed by atoms with van der Waals surface area (Å²) in [6.07, 6.45) is 10.2. The zero-order valence-electron chi connectivity index (χ0n) is 23.2. The van der Waals surface area contributed by atoms with Gasteiger partial charge in [-0.15, -0.1) is 0 Å². The Bertz CT molecular complexity index is 1830. The number of rotatable bonds is 2. The monoisotopic (exact) mass is 513 g/mol. The summed E-state index contributed by atoms with van der Waals surface area (Å²) in [5, 5.41) is 3.44. The Morgan fingerprint density at radius 2 is 1.41 bits per heavy atom. The first-order valence-electron chi connectivity index (χ1n) is 14.6. The number of aromatic amines is 2. The summed E-state index contributed by atoms with van der Waals surface area (Å²) in [7, 11) is 0. The normalized spacial score (nSPS) is 25.3. The molecule has 5 heteroatoms. The minimum Gasteiger partial charge on any atom is -0.357 e. The summed E-state index contributed by atoms with van der Waals surface area (Å²) in [4.78, 5) is 22.8. The molecule has 2 aliphatic rings. The van der Waals surface area contributed by atoms with Crippen molar-refractivity contribution in [3.05, 3.63) is 65.6 Å². The van der Waals surface area contributed by atoms with Crippen molar-refractivity contribution in [1.29, 1.82) is 0 Å². The summed E-state index contributed by atoms with van der Waals surface area (Å²) >= 11 is 0. The third-order valence-corrected chi connectivity index (χ3v) is 9.84. The molecule has 2 bridgehead atoms. The highest BCUT2D eigenvalue weighted by molar-refractivity contribution is 6.21. The van der Waals surface area contributed by atoms with E-state index in [-0.39, 0.29) is 5.41 Å². The fourth-order valence-electron chi connectivity index (χ4n) is 8.71. The Hall–Kier alpha value is -3.73. The highest BCUT2D eigenvalue weighted by Gasteiger charge is 2.48. The molecule has 2 unspecified atom stereocenters. The third-order valence-electron chi connectivity index (χ3n) is 9.84. The van der Waals surface area contributed by atoms with Crippen LogP contribution in [-0.4, -0.2) is 24.9 Å². The molecular weight excluding hydrogens is 478 g/mol. The zero-order valence-corrected chi connectivity index (χ0v) is 23.2. The van der Waals surface area contributed by atoms with Crippen molar-refractivity contribution in [2.24, 2.45) is 17.8 Å². The molecule has 2 aromatic carbocycles. The number of fused-ring (bicyclic) bond motifs is 9. The van der Waals surface area contributed by atoms with E-state index in [1.807, 2.05) is 24.5 Å². The Morgan fingerprint density at radius 1 is 0.744 bits per heavy atom. The van der Waals surface area contributed by atoms with Crippen molar-refractivity contribution in [1.82, 2.24) is 24.9 Å². The van der Waals surface area contributed by atoms with Gasteiger partial charge in [0.05, 0.1) is 22.1 Å². The van der Waals surface area contributed by atoms with E-state index in [4.69, 9.17) is 15.0 Å². The highest BCUT2D eigenvalue weighted by Crippen LogP contribution is 2.56. The molecule has 5 nitrogen and oxygen atoms in total. The second kappa shape index (κ2) is 8.14. The molecule has 4 heterocycles. The van der Waals surface area contributed by atoms with E-state index < -0.39 is 0 Å². The average Bonchev–Trinajstić information content (AvgIpc) is 3.54. The highest BCUT2D eigenvalue weighted by atomic mass is 14.9. The van der Waals surface area contributed by atoms with Gasteiger partial charge in [0.2, 0.25) is 0 Å². The third kappa shape index (κ3) is 3.28. The van der Waals surface area contributed by atoms with Gasteiger partial charge in [0.25, 0.3) is 0 Å². The summed E-state index contributed by atoms with van der Waals surface area (Å²) in [5.74, 6) is 3.24. The predicted octanol–water partition coefficient (Wildman–Crippen LogP) is 8.53. The lowest BCUT2D eigenvalue weighted by molar-refractivity contribution is 0.0760. The van der Waals surface area contributed by atoms with Crippen molar-refractivity contribution in [3.8, 4) is 11.4 Å². The fourth-order valence-corrected chi connectivity index (χ4v) is 8.71. The number of benzene rings is 2. The van der Waals surface area contributed by atoms with Gasteiger partial charge in [-0.3, -0.25) is 9.97 Å². The van der Waals surface area contributed by atoms with Gasteiger partial charge in [0.1, 0.15) is 5.82 Å². The summed E-state index contributed by atoms with van der Waals surface area (Å²) < 4.78 is 0. The van der Waals surface area contributed by atoms with Gasteiger partial charge in [-0.1, -0.05) is 26.0 Å². The Morgan fingerprint density at radius 3 is 2.15 bits per heavy atom. The van der Waals surface area contributed by atoms with Crippen LogP contribution in [0.3, 0.4) is 0 Å². The fraction of sp³-hybridized carbons (Fsp3) is 0.382. The molecule has 4 aromatic heterocycles. The number of nitrogens with zero attached hydrogens (tertiary/aromatic N) is 3. The number of pyridine rings is 2. The summed E-state index contributed by atoms with van der Waals surface area (Å²) in [6, 6.07) is 12.8. The van der Waals surface area contributed by atoms with Crippen molar-refractivity contribution >= 4 is 43.7 Å². The van der Waals surface area contributed by atoms with Crippen LogP contribution in [0, 0.1) is 31.6 Å².